The van der Waals surface area contributed by atoms with E-state index in [4.69, 9.17) is 21.1 Å². The van der Waals surface area contributed by atoms with Crippen molar-refractivity contribution in [2.45, 2.75) is 13.1 Å². The lowest BCUT2D eigenvalue weighted by molar-refractivity contribution is -0.137. The number of halogens is 4. The summed E-state index contributed by atoms with van der Waals surface area (Å²) in [5.41, 5.74) is -0.329. The number of carbonyl (C=O) groups excluding carboxylic acids is 1. The number of pyridine rings is 1. The molecule has 0 atom stereocenters. The Hall–Kier alpha value is -3.31. The van der Waals surface area contributed by atoms with Crippen LogP contribution in [0, 0.1) is 0 Å². The quantitative estimate of drug-likeness (QED) is 0.460. The Labute approximate surface area is 198 Å². The average Bonchev–Trinajstić information content (AvgIpc) is 2.72. The molecule has 0 aliphatic heterocycles. The minimum Gasteiger partial charge on any atom is -0.478 e. The number of nitrogens with zero attached hydrogens (tertiary/aromatic N) is 1. The van der Waals surface area contributed by atoms with Crippen LogP contribution in [0.4, 0.5) is 13.2 Å². The maximum Gasteiger partial charge on any atom is 0.417 e. The zero-order valence-corrected chi connectivity index (χ0v) is 19.4. The van der Waals surface area contributed by atoms with Gasteiger partial charge in [0.05, 0.1) is 23.4 Å². The standard InChI is InChI=1S/C22H18ClF3N2O5S/c1-3-32-21-15(5-4-10-27-21)16-11-13(20(29)28-34(2,30)31)6-9-19(16)33-14-7-8-17(18(23)12-14)22(24,25)26/h4-12H,3H2,1-2H3,(H,28,29). The SMILES string of the molecule is CCOc1ncccc1-c1cc(C(=O)NS(C)(=O)=O)ccc1Oc1ccc(C(F)(F)F)c(Cl)c1. The van der Waals surface area contributed by atoms with E-state index in [1.165, 1.54) is 24.4 Å². The number of ether oxygens (including phenoxy) is 2. The van der Waals surface area contributed by atoms with Crippen LogP contribution in [-0.2, 0) is 16.2 Å². The van der Waals surface area contributed by atoms with Crippen LogP contribution in [0.2, 0.25) is 5.02 Å². The highest BCUT2D eigenvalue weighted by Gasteiger charge is 2.33. The first-order chi connectivity index (χ1) is 15.9. The van der Waals surface area contributed by atoms with Crippen molar-refractivity contribution in [1.82, 2.24) is 9.71 Å². The first-order valence-electron chi connectivity index (χ1n) is 9.68. The molecule has 180 valence electrons. The molecule has 34 heavy (non-hydrogen) atoms. The minimum atomic E-state index is -4.63. The number of nitrogens with one attached hydrogen (secondary N) is 1. The van der Waals surface area contributed by atoms with Crippen LogP contribution >= 0.6 is 11.6 Å². The second-order valence-corrected chi connectivity index (χ2v) is 9.10. The third-order valence-electron chi connectivity index (χ3n) is 4.34. The van der Waals surface area contributed by atoms with Crippen LogP contribution in [0.25, 0.3) is 11.1 Å². The zero-order chi connectivity index (χ0) is 25.1. The summed E-state index contributed by atoms with van der Waals surface area (Å²) in [6.07, 6.45) is -2.30. The number of benzene rings is 2. The molecule has 1 amide bonds. The van der Waals surface area contributed by atoms with E-state index >= 15 is 0 Å². The lowest BCUT2D eigenvalue weighted by Crippen LogP contribution is -2.29. The van der Waals surface area contributed by atoms with Crippen LogP contribution < -0.4 is 14.2 Å². The molecule has 0 radical (unpaired) electrons. The van der Waals surface area contributed by atoms with E-state index < -0.39 is 32.7 Å². The van der Waals surface area contributed by atoms with Gasteiger partial charge in [0.2, 0.25) is 15.9 Å². The van der Waals surface area contributed by atoms with E-state index in [2.05, 4.69) is 4.98 Å². The van der Waals surface area contributed by atoms with Gasteiger partial charge in [0, 0.05) is 29.0 Å². The second-order valence-electron chi connectivity index (χ2n) is 6.94. The van der Waals surface area contributed by atoms with Gasteiger partial charge in [-0.2, -0.15) is 13.2 Å². The number of sulfonamides is 1. The van der Waals surface area contributed by atoms with Gasteiger partial charge >= 0.3 is 6.18 Å². The minimum absolute atomic E-state index is 0.00874. The fourth-order valence-electron chi connectivity index (χ4n) is 2.96. The van der Waals surface area contributed by atoms with E-state index in [1.807, 2.05) is 4.72 Å². The highest BCUT2D eigenvalue weighted by atomic mass is 35.5. The molecule has 7 nitrogen and oxygen atoms in total. The third-order valence-corrected chi connectivity index (χ3v) is 5.20. The smallest absolute Gasteiger partial charge is 0.417 e. The molecule has 0 fully saturated rings. The van der Waals surface area contributed by atoms with Gasteiger partial charge in [-0.05, 0) is 49.4 Å². The predicted octanol–water partition coefficient (Wildman–Crippen LogP) is 5.30. The number of hydrogen-bond acceptors (Lipinski definition) is 6. The van der Waals surface area contributed by atoms with Gasteiger partial charge in [0.1, 0.15) is 11.5 Å². The van der Waals surface area contributed by atoms with Crippen LogP contribution in [0.15, 0.2) is 54.7 Å². The summed E-state index contributed by atoms with van der Waals surface area (Å²) >= 11 is 5.79. The van der Waals surface area contributed by atoms with Crippen molar-refractivity contribution in [3.05, 3.63) is 70.9 Å². The Morgan fingerprint density at radius 3 is 2.47 bits per heavy atom. The summed E-state index contributed by atoms with van der Waals surface area (Å²) in [4.78, 5) is 16.6. The Kier molecular flexibility index (Phi) is 7.37. The summed E-state index contributed by atoms with van der Waals surface area (Å²) in [6, 6.07) is 10.2. The monoisotopic (exact) mass is 514 g/mol. The van der Waals surface area contributed by atoms with Gasteiger partial charge in [-0.3, -0.25) is 4.79 Å². The summed E-state index contributed by atoms with van der Waals surface area (Å²) in [5.74, 6) is -0.522. The van der Waals surface area contributed by atoms with E-state index in [9.17, 15) is 26.4 Å². The lowest BCUT2D eigenvalue weighted by atomic mass is 10.0. The Balaban J connectivity index is 2.10. The molecule has 0 saturated heterocycles. The van der Waals surface area contributed by atoms with Gasteiger partial charge in [-0.1, -0.05) is 11.6 Å². The second kappa shape index (κ2) is 9.90. The number of carbonyl (C=O) groups is 1. The maximum absolute atomic E-state index is 13.0. The van der Waals surface area contributed by atoms with Crippen molar-refractivity contribution in [3.8, 4) is 28.5 Å². The zero-order valence-electron chi connectivity index (χ0n) is 17.8. The molecule has 0 spiro atoms. The highest BCUT2D eigenvalue weighted by molar-refractivity contribution is 7.89. The number of amides is 1. The number of alkyl halides is 3. The molecule has 0 aliphatic carbocycles. The van der Waals surface area contributed by atoms with E-state index in [0.717, 1.165) is 24.5 Å². The summed E-state index contributed by atoms with van der Waals surface area (Å²) in [6.45, 7) is 2.03. The molecule has 0 unspecified atom stereocenters. The maximum atomic E-state index is 13.0. The molecular weight excluding hydrogens is 497 g/mol. The van der Waals surface area contributed by atoms with Gasteiger partial charge in [0.15, 0.2) is 0 Å². The fraction of sp³-hybridized carbons (Fsp3) is 0.182. The first-order valence-corrected chi connectivity index (χ1v) is 11.9. The van der Waals surface area contributed by atoms with E-state index in [-0.39, 0.29) is 35.1 Å². The molecule has 1 aromatic heterocycles. The molecule has 3 rings (SSSR count). The topological polar surface area (TPSA) is 94.6 Å². The summed E-state index contributed by atoms with van der Waals surface area (Å²) < 4.78 is 75.2. The average molecular weight is 515 g/mol. The first kappa shape index (κ1) is 25.3. The van der Waals surface area contributed by atoms with E-state index in [1.54, 1.807) is 19.1 Å². The summed E-state index contributed by atoms with van der Waals surface area (Å²) in [5, 5.41) is -0.549. The molecule has 0 aliphatic rings. The molecule has 12 heteroatoms. The van der Waals surface area contributed by atoms with Crippen molar-refractivity contribution in [2.75, 3.05) is 12.9 Å². The predicted molar refractivity (Wildman–Crippen MR) is 120 cm³/mol. The fourth-order valence-corrected chi connectivity index (χ4v) is 3.69. The highest BCUT2D eigenvalue weighted by Crippen LogP contribution is 2.41. The van der Waals surface area contributed by atoms with Crippen LogP contribution in [0.3, 0.4) is 0 Å². The van der Waals surface area contributed by atoms with Crippen molar-refractivity contribution < 1.29 is 35.9 Å². The van der Waals surface area contributed by atoms with Gasteiger partial charge in [-0.15, -0.1) is 0 Å². The molecule has 3 aromatic rings. The van der Waals surface area contributed by atoms with Crippen molar-refractivity contribution in [2.24, 2.45) is 0 Å². The number of hydrogen-bond donors (Lipinski definition) is 1. The Morgan fingerprint density at radius 1 is 1.12 bits per heavy atom. The van der Waals surface area contributed by atoms with Crippen molar-refractivity contribution in [3.63, 3.8) is 0 Å². The van der Waals surface area contributed by atoms with Gasteiger partial charge < -0.3 is 9.47 Å². The molecule has 0 saturated carbocycles. The van der Waals surface area contributed by atoms with Gasteiger partial charge in [-0.25, -0.2) is 18.1 Å². The Morgan fingerprint density at radius 2 is 1.85 bits per heavy atom. The molecule has 0 bridgehead atoms. The summed E-state index contributed by atoms with van der Waals surface area (Å²) in [7, 11) is -3.82. The molecule has 1 heterocycles. The number of aromatic nitrogens is 1. The largest absolute Gasteiger partial charge is 0.478 e. The lowest BCUT2D eigenvalue weighted by Gasteiger charge is -2.16. The Bertz CT molecular complexity index is 1330. The number of rotatable bonds is 7. The van der Waals surface area contributed by atoms with Crippen molar-refractivity contribution in [1.29, 1.82) is 0 Å². The van der Waals surface area contributed by atoms with Crippen LogP contribution in [0.1, 0.15) is 22.8 Å². The molecule has 1 N–H and O–H groups in total. The van der Waals surface area contributed by atoms with E-state index in [0.29, 0.717) is 5.56 Å². The molecule has 2 aromatic carbocycles. The van der Waals surface area contributed by atoms with Crippen molar-refractivity contribution >= 4 is 27.5 Å². The van der Waals surface area contributed by atoms with Gasteiger partial charge in [0.25, 0.3) is 5.91 Å². The van der Waals surface area contributed by atoms with Crippen LogP contribution in [-0.4, -0.2) is 32.2 Å². The third kappa shape index (κ3) is 6.17. The molecular formula is C22H18ClF3N2O5S. The van der Waals surface area contributed by atoms with Crippen LogP contribution in [0.5, 0.6) is 17.4 Å². The normalized spacial score (nSPS) is 11.7.